The van der Waals surface area contributed by atoms with Crippen LogP contribution in [0, 0.1) is 11.8 Å². The third-order valence-electron chi connectivity index (χ3n) is 8.61. The molecule has 3 aliphatic heterocycles. The standard InChI is InChI=1S/C30H41N3O5/c1-4-37-18-8-17-33-26(28(35)32-21-9-6-5-7-10-21)30-16-15-23(38-30)24(25(30)29(33)36)27(34)31-22-13-11-20(12-14-22)19(2)3/h11-16,19,21,23-26H,4-10,17-18H2,1-3H3,(H,31,34)(H,32,35)/t23-,24?,25-,26?,30?/m0/s1. The van der Waals surface area contributed by atoms with E-state index < -0.39 is 29.6 Å². The van der Waals surface area contributed by atoms with Gasteiger partial charge in [-0.2, -0.15) is 0 Å². The Kier molecular flexibility index (Phi) is 7.91. The van der Waals surface area contributed by atoms with Crippen LogP contribution < -0.4 is 10.6 Å². The van der Waals surface area contributed by atoms with E-state index in [9.17, 15) is 14.4 Å². The van der Waals surface area contributed by atoms with Crippen LogP contribution in [-0.2, 0) is 23.9 Å². The molecule has 3 heterocycles. The highest BCUT2D eigenvalue weighted by atomic mass is 16.5. The van der Waals surface area contributed by atoms with Crippen LogP contribution in [0.25, 0.3) is 0 Å². The van der Waals surface area contributed by atoms with Crippen molar-refractivity contribution in [3.05, 3.63) is 42.0 Å². The van der Waals surface area contributed by atoms with Crippen molar-refractivity contribution in [2.45, 2.75) is 89.0 Å². The van der Waals surface area contributed by atoms with E-state index in [-0.39, 0.29) is 23.8 Å². The molecule has 1 saturated carbocycles. The van der Waals surface area contributed by atoms with Crippen LogP contribution in [-0.4, -0.2) is 66.2 Å². The van der Waals surface area contributed by atoms with Crippen LogP contribution in [0.2, 0.25) is 0 Å². The Bertz CT molecular complexity index is 1060. The summed E-state index contributed by atoms with van der Waals surface area (Å²) in [6.45, 7) is 7.66. The molecule has 3 unspecified atom stereocenters. The molecular formula is C30H41N3O5. The molecule has 206 valence electrons. The second-order valence-electron chi connectivity index (χ2n) is 11.4. The maximum absolute atomic E-state index is 13.9. The average Bonchev–Trinajstić information content (AvgIpc) is 3.55. The number of rotatable bonds is 10. The molecule has 38 heavy (non-hydrogen) atoms. The van der Waals surface area contributed by atoms with Gasteiger partial charge in [-0.05, 0) is 49.8 Å². The van der Waals surface area contributed by atoms with Gasteiger partial charge < -0.3 is 25.0 Å². The zero-order valence-electron chi connectivity index (χ0n) is 22.8. The number of likely N-dealkylation sites (tertiary alicyclic amines) is 1. The highest BCUT2D eigenvalue weighted by Gasteiger charge is 2.72. The van der Waals surface area contributed by atoms with Gasteiger partial charge >= 0.3 is 0 Å². The fourth-order valence-electron chi connectivity index (χ4n) is 6.69. The maximum Gasteiger partial charge on any atom is 0.246 e. The van der Waals surface area contributed by atoms with Gasteiger partial charge in [-0.15, -0.1) is 0 Å². The minimum atomic E-state index is -1.13. The van der Waals surface area contributed by atoms with Gasteiger partial charge in [0.15, 0.2) is 0 Å². The molecule has 5 rings (SSSR count). The number of benzene rings is 1. The van der Waals surface area contributed by atoms with E-state index in [4.69, 9.17) is 9.47 Å². The summed E-state index contributed by atoms with van der Waals surface area (Å²) >= 11 is 0. The summed E-state index contributed by atoms with van der Waals surface area (Å²) in [5, 5.41) is 6.23. The molecule has 8 nitrogen and oxygen atoms in total. The van der Waals surface area contributed by atoms with Gasteiger partial charge in [0.2, 0.25) is 17.7 Å². The molecule has 0 aromatic heterocycles. The largest absolute Gasteiger partial charge is 0.382 e. The van der Waals surface area contributed by atoms with E-state index in [0.717, 1.165) is 25.7 Å². The lowest BCUT2D eigenvalue weighted by Gasteiger charge is -2.34. The molecule has 8 heteroatoms. The summed E-state index contributed by atoms with van der Waals surface area (Å²) in [6, 6.07) is 7.11. The SMILES string of the molecule is CCOCCCN1C(=O)[C@@H]2C(C(=O)Nc3ccc(C(C)C)cc3)[C@@H]3C=CC2(O3)C1C(=O)NC1CCCCC1. The Morgan fingerprint density at radius 3 is 2.55 bits per heavy atom. The Hall–Kier alpha value is -2.71. The first-order valence-corrected chi connectivity index (χ1v) is 14.3. The number of ether oxygens (including phenoxy) is 2. The lowest BCUT2D eigenvalue weighted by Crippen LogP contribution is -2.56. The zero-order valence-corrected chi connectivity index (χ0v) is 22.8. The molecule has 0 radical (unpaired) electrons. The van der Waals surface area contributed by atoms with Gasteiger partial charge in [-0.1, -0.05) is 57.4 Å². The van der Waals surface area contributed by atoms with Crippen molar-refractivity contribution in [3.8, 4) is 0 Å². The Morgan fingerprint density at radius 2 is 1.87 bits per heavy atom. The third-order valence-corrected chi connectivity index (χ3v) is 8.61. The van der Waals surface area contributed by atoms with E-state index >= 15 is 0 Å². The van der Waals surface area contributed by atoms with Crippen LogP contribution in [0.3, 0.4) is 0 Å². The first-order chi connectivity index (χ1) is 18.4. The fraction of sp³-hybridized carbons (Fsp3) is 0.633. The maximum atomic E-state index is 13.9. The molecule has 3 fully saturated rings. The van der Waals surface area contributed by atoms with Gasteiger partial charge in [0.05, 0.1) is 17.9 Å². The molecule has 2 N–H and O–H groups in total. The van der Waals surface area contributed by atoms with Crippen molar-refractivity contribution in [2.24, 2.45) is 11.8 Å². The molecule has 4 aliphatic rings. The second-order valence-corrected chi connectivity index (χ2v) is 11.4. The monoisotopic (exact) mass is 523 g/mol. The van der Waals surface area contributed by atoms with Crippen molar-refractivity contribution in [1.29, 1.82) is 0 Å². The van der Waals surface area contributed by atoms with E-state index in [1.165, 1.54) is 12.0 Å². The van der Waals surface area contributed by atoms with E-state index in [0.29, 0.717) is 37.8 Å². The highest BCUT2D eigenvalue weighted by molar-refractivity contribution is 6.02. The summed E-state index contributed by atoms with van der Waals surface area (Å²) in [5.41, 5.74) is 0.745. The van der Waals surface area contributed by atoms with E-state index in [2.05, 4.69) is 24.5 Å². The van der Waals surface area contributed by atoms with E-state index in [1.807, 2.05) is 43.3 Å². The predicted octanol–water partition coefficient (Wildman–Crippen LogP) is 3.77. The highest BCUT2D eigenvalue weighted by Crippen LogP contribution is 2.55. The normalized spacial score (nSPS) is 30.2. The number of fused-ring (bicyclic) bond motifs is 1. The van der Waals surface area contributed by atoms with Crippen molar-refractivity contribution < 1.29 is 23.9 Å². The first-order valence-electron chi connectivity index (χ1n) is 14.3. The Labute approximate surface area is 225 Å². The molecule has 2 bridgehead atoms. The number of hydrogen-bond acceptors (Lipinski definition) is 5. The molecular weight excluding hydrogens is 482 g/mol. The number of hydrogen-bond donors (Lipinski definition) is 2. The van der Waals surface area contributed by atoms with Crippen LogP contribution in [0.1, 0.15) is 70.8 Å². The van der Waals surface area contributed by atoms with Crippen molar-refractivity contribution in [1.82, 2.24) is 10.2 Å². The molecule has 3 amide bonds. The van der Waals surface area contributed by atoms with Gasteiger partial charge in [-0.25, -0.2) is 0 Å². The molecule has 1 aromatic carbocycles. The summed E-state index contributed by atoms with van der Waals surface area (Å²) in [7, 11) is 0. The number of amides is 3. The molecule has 2 saturated heterocycles. The summed E-state index contributed by atoms with van der Waals surface area (Å²) < 4.78 is 11.9. The minimum absolute atomic E-state index is 0.113. The van der Waals surface area contributed by atoms with Crippen LogP contribution >= 0.6 is 0 Å². The van der Waals surface area contributed by atoms with Crippen molar-refractivity contribution in [2.75, 3.05) is 25.1 Å². The van der Waals surface area contributed by atoms with Gasteiger partial charge in [0, 0.05) is 31.5 Å². The van der Waals surface area contributed by atoms with Crippen molar-refractivity contribution >= 4 is 23.4 Å². The number of nitrogens with zero attached hydrogens (tertiary/aromatic N) is 1. The van der Waals surface area contributed by atoms with Crippen LogP contribution in [0.15, 0.2) is 36.4 Å². The summed E-state index contributed by atoms with van der Waals surface area (Å²) in [6.07, 6.45) is 9.10. The van der Waals surface area contributed by atoms with Crippen LogP contribution in [0.4, 0.5) is 5.69 Å². The lowest BCUT2D eigenvalue weighted by molar-refractivity contribution is -0.141. The van der Waals surface area contributed by atoms with Gasteiger partial charge in [0.25, 0.3) is 0 Å². The molecule has 1 spiro atoms. The third kappa shape index (κ3) is 4.89. The van der Waals surface area contributed by atoms with Gasteiger partial charge in [-0.3, -0.25) is 14.4 Å². The Morgan fingerprint density at radius 1 is 1.13 bits per heavy atom. The fourth-order valence-corrected chi connectivity index (χ4v) is 6.69. The first kappa shape index (κ1) is 26.9. The molecule has 1 aromatic rings. The number of anilines is 1. The zero-order chi connectivity index (χ0) is 26.9. The summed E-state index contributed by atoms with van der Waals surface area (Å²) in [5.74, 6) is -1.65. The van der Waals surface area contributed by atoms with E-state index in [1.54, 1.807) is 4.90 Å². The topological polar surface area (TPSA) is 97.0 Å². The van der Waals surface area contributed by atoms with Crippen LogP contribution in [0.5, 0.6) is 0 Å². The quantitative estimate of drug-likeness (QED) is 0.359. The number of nitrogens with one attached hydrogen (secondary N) is 2. The summed E-state index contributed by atoms with van der Waals surface area (Å²) in [4.78, 5) is 43.0. The molecule has 1 aliphatic carbocycles. The number of carbonyl (C=O) groups excluding carboxylic acids is 3. The van der Waals surface area contributed by atoms with Gasteiger partial charge in [0.1, 0.15) is 11.6 Å². The predicted molar refractivity (Wildman–Crippen MR) is 145 cm³/mol. The Balaban J connectivity index is 1.38. The minimum Gasteiger partial charge on any atom is -0.382 e. The second kappa shape index (κ2) is 11.2. The molecule has 5 atom stereocenters. The number of carbonyl (C=O) groups is 3. The smallest absolute Gasteiger partial charge is 0.246 e. The average molecular weight is 524 g/mol. The lowest BCUT2D eigenvalue weighted by atomic mass is 9.74. The van der Waals surface area contributed by atoms with Crippen molar-refractivity contribution in [3.63, 3.8) is 0 Å².